The number of fused-ring (bicyclic) bond motifs is 3. The van der Waals surface area contributed by atoms with Crippen LogP contribution in [0, 0.1) is 11.3 Å². The minimum atomic E-state index is -5.20. The molecule has 1 aliphatic carbocycles. The average Bonchev–Trinajstić information content (AvgIpc) is 3.05. The van der Waals surface area contributed by atoms with Crippen LogP contribution < -0.4 is 5.32 Å². The van der Waals surface area contributed by atoms with Gasteiger partial charge < -0.3 is 9.47 Å². The van der Waals surface area contributed by atoms with Crippen molar-refractivity contribution >= 4 is 12.1 Å². The number of ether oxygens (including phenoxy) is 2. The van der Waals surface area contributed by atoms with E-state index in [1.54, 1.807) is 5.32 Å². The molecule has 0 radical (unpaired) electrons. The average molecular weight is 430 g/mol. The van der Waals surface area contributed by atoms with Crippen molar-refractivity contribution in [2.75, 3.05) is 13.2 Å². The Kier molecular flexibility index (Phi) is 6.30. The number of nitrogens with one attached hydrogen (secondary N) is 1. The smallest absolute Gasteiger partial charge is 0.426 e. The maximum atomic E-state index is 13.2. The van der Waals surface area contributed by atoms with Crippen molar-refractivity contribution in [3.63, 3.8) is 0 Å². The molecular formula is C22H17F3N2O4. The first kappa shape index (κ1) is 21.9. The molecule has 0 unspecified atom stereocenters. The van der Waals surface area contributed by atoms with Crippen LogP contribution in [0.2, 0.25) is 0 Å². The van der Waals surface area contributed by atoms with E-state index in [-0.39, 0.29) is 19.1 Å². The third-order valence-corrected chi connectivity index (χ3v) is 4.70. The quantitative estimate of drug-likeness (QED) is 0.431. The van der Waals surface area contributed by atoms with Crippen LogP contribution in [0.3, 0.4) is 0 Å². The molecule has 9 heteroatoms. The largest absolute Gasteiger partial charge is 0.462 e. The van der Waals surface area contributed by atoms with Crippen molar-refractivity contribution in [3.8, 4) is 17.2 Å². The number of nitriles is 1. The fourth-order valence-corrected chi connectivity index (χ4v) is 3.45. The van der Waals surface area contributed by atoms with Crippen LogP contribution in [0.15, 0.2) is 59.8 Å². The van der Waals surface area contributed by atoms with Gasteiger partial charge in [-0.2, -0.15) is 18.4 Å². The molecule has 0 aromatic heterocycles. The molecule has 2 aromatic carbocycles. The Morgan fingerprint density at radius 3 is 2.06 bits per heavy atom. The summed E-state index contributed by atoms with van der Waals surface area (Å²) < 4.78 is 49.2. The van der Waals surface area contributed by atoms with Gasteiger partial charge >= 0.3 is 18.2 Å². The van der Waals surface area contributed by atoms with E-state index >= 15 is 0 Å². The summed E-state index contributed by atoms with van der Waals surface area (Å²) in [5.74, 6) is -2.08. The molecule has 0 bridgehead atoms. The highest BCUT2D eigenvalue weighted by atomic mass is 19.4. The van der Waals surface area contributed by atoms with E-state index in [0.29, 0.717) is 0 Å². The SMILES string of the molecule is CCOC(=O)/C(=C(\C#N)NC(=O)OCC1c2ccccc2-c2ccccc21)C(F)(F)F. The van der Waals surface area contributed by atoms with Crippen LogP contribution in [-0.2, 0) is 14.3 Å². The molecule has 160 valence electrons. The number of halogens is 3. The topological polar surface area (TPSA) is 88.4 Å². The Balaban J connectivity index is 1.79. The second kappa shape index (κ2) is 8.92. The van der Waals surface area contributed by atoms with Crippen molar-refractivity contribution in [2.45, 2.75) is 19.0 Å². The van der Waals surface area contributed by atoms with Gasteiger partial charge in [-0.05, 0) is 29.2 Å². The van der Waals surface area contributed by atoms with Gasteiger partial charge in [-0.1, -0.05) is 48.5 Å². The van der Waals surface area contributed by atoms with Crippen LogP contribution in [0.4, 0.5) is 18.0 Å². The minimum Gasteiger partial charge on any atom is -0.462 e. The van der Waals surface area contributed by atoms with Gasteiger partial charge in [0.25, 0.3) is 0 Å². The summed E-state index contributed by atoms with van der Waals surface area (Å²) in [6.45, 7) is 0.818. The fraction of sp³-hybridized carbons (Fsp3) is 0.227. The van der Waals surface area contributed by atoms with Crippen LogP contribution >= 0.6 is 0 Å². The molecule has 0 saturated carbocycles. The van der Waals surface area contributed by atoms with E-state index in [1.807, 2.05) is 48.5 Å². The van der Waals surface area contributed by atoms with Crippen LogP contribution in [0.5, 0.6) is 0 Å². The molecule has 1 N–H and O–H groups in total. The molecule has 2 aromatic rings. The highest BCUT2D eigenvalue weighted by Gasteiger charge is 2.43. The highest BCUT2D eigenvalue weighted by Crippen LogP contribution is 2.44. The number of allylic oxidation sites excluding steroid dienone is 1. The van der Waals surface area contributed by atoms with Crippen molar-refractivity contribution in [1.82, 2.24) is 5.32 Å². The standard InChI is InChI=1S/C22H17F3N2O4/c1-2-30-20(28)19(22(23,24)25)18(11-26)27-21(29)31-12-17-15-9-5-3-7-13(15)14-8-4-6-10-16(14)17/h3-10,17H,2,12H2,1H3,(H,27,29)/b19-18-. The monoisotopic (exact) mass is 430 g/mol. The van der Waals surface area contributed by atoms with E-state index < -0.39 is 29.5 Å². The summed E-state index contributed by atoms with van der Waals surface area (Å²) in [5, 5.41) is 10.8. The number of alkyl halides is 3. The Morgan fingerprint density at radius 2 is 1.58 bits per heavy atom. The normalized spacial score (nSPS) is 13.4. The first-order valence-corrected chi connectivity index (χ1v) is 9.28. The fourth-order valence-electron chi connectivity index (χ4n) is 3.45. The van der Waals surface area contributed by atoms with Gasteiger partial charge in [0, 0.05) is 5.92 Å². The van der Waals surface area contributed by atoms with E-state index in [9.17, 15) is 22.8 Å². The lowest BCUT2D eigenvalue weighted by atomic mass is 9.98. The summed E-state index contributed by atoms with van der Waals surface area (Å²) in [6.07, 6.45) is -6.49. The van der Waals surface area contributed by atoms with Crippen molar-refractivity contribution in [3.05, 3.63) is 70.9 Å². The van der Waals surface area contributed by atoms with E-state index in [0.717, 1.165) is 22.3 Å². The molecule has 3 rings (SSSR count). The second-order valence-corrected chi connectivity index (χ2v) is 6.53. The van der Waals surface area contributed by atoms with Crippen molar-refractivity contribution in [2.24, 2.45) is 0 Å². The third-order valence-electron chi connectivity index (χ3n) is 4.70. The van der Waals surface area contributed by atoms with Gasteiger partial charge in [0.05, 0.1) is 6.61 Å². The Morgan fingerprint density at radius 1 is 1.03 bits per heavy atom. The van der Waals surface area contributed by atoms with E-state index in [2.05, 4.69) is 4.74 Å². The Labute approximate surface area is 175 Å². The number of amides is 1. The van der Waals surface area contributed by atoms with Crippen LogP contribution in [-0.4, -0.2) is 31.5 Å². The summed E-state index contributed by atoms with van der Waals surface area (Å²) >= 11 is 0. The highest BCUT2D eigenvalue weighted by molar-refractivity contribution is 5.92. The third kappa shape index (κ3) is 4.53. The molecule has 0 aliphatic heterocycles. The molecule has 6 nitrogen and oxygen atoms in total. The summed E-state index contributed by atoms with van der Waals surface area (Å²) in [6, 6.07) is 16.2. The first-order chi connectivity index (χ1) is 14.8. The number of nitrogens with zero attached hydrogens (tertiary/aromatic N) is 1. The molecule has 0 saturated heterocycles. The second-order valence-electron chi connectivity index (χ2n) is 6.53. The molecule has 0 spiro atoms. The summed E-state index contributed by atoms with van der Waals surface area (Å²) in [7, 11) is 0. The van der Waals surface area contributed by atoms with Crippen LogP contribution in [0.25, 0.3) is 11.1 Å². The summed E-state index contributed by atoms with van der Waals surface area (Å²) in [4.78, 5) is 23.8. The number of rotatable bonds is 5. The number of esters is 1. The van der Waals surface area contributed by atoms with E-state index in [1.165, 1.54) is 13.0 Å². The summed E-state index contributed by atoms with van der Waals surface area (Å²) in [5.41, 5.74) is 0.594. The zero-order valence-corrected chi connectivity index (χ0v) is 16.3. The van der Waals surface area contributed by atoms with Gasteiger partial charge in [0.2, 0.25) is 0 Å². The Hall–Kier alpha value is -3.80. The predicted octanol–water partition coefficient (Wildman–Crippen LogP) is 4.43. The number of alkyl carbamates (subject to hydrolysis) is 1. The first-order valence-electron chi connectivity index (χ1n) is 9.28. The van der Waals surface area contributed by atoms with E-state index in [4.69, 9.17) is 10.00 Å². The molecule has 0 fully saturated rings. The molecule has 0 heterocycles. The van der Waals surface area contributed by atoms with Gasteiger partial charge in [0.1, 0.15) is 18.4 Å². The molecule has 1 amide bonds. The molecular weight excluding hydrogens is 413 g/mol. The maximum absolute atomic E-state index is 13.2. The molecule has 31 heavy (non-hydrogen) atoms. The number of hydrogen-bond donors (Lipinski definition) is 1. The van der Waals surface area contributed by atoms with Gasteiger partial charge in [0.15, 0.2) is 5.57 Å². The predicted molar refractivity (Wildman–Crippen MR) is 104 cm³/mol. The Bertz CT molecular complexity index is 1040. The van der Waals surface area contributed by atoms with Crippen molar-refractivity contribution < 1.29 is 32.2 Å². The number of hydrogen-bond acceptors (Lipinski definition) is 5. The lowest BCUT2D eigenvalue weighted by Crippen LogP contribution is -2.32. The zero-order valence-electron chi connectivity index (χ0n) is 16.3. The number of benzene rings is 2. The van der Waals surface area contributed by atoms with Gasteiger partial charge in [-0.3, -0.25) is 5.32 Å². The maximum Gasteiger partial charge on any atom is 0.426 e. The lowest BCUT2D eigenvalue weighted by molar-refractivity contribution is -0.150. The van der Waals surface area contributed by atoms with Gasteiger partial charge in [-0.25, -0.2) is 9.59 Å². The molecule has 0 atom stereocenters. The molecule has 1 aliphatic rings. The zero-order chi connectivity index (χ0) is 22.6. The lowest BCUT2D eigenvalue weighted by Gasteiger charge is -2.16. The number of carbonyl (C=O) groups is 2. The minimum absolute atomic E-state index is 0.167. The van der Waals surface area contributed by atoms with Crippen molar-refractivity contribution in [1.29, 1.82) is 5.26 Å². The number of carbonyl (C=O) groups excluding carboxylic acids is 2. The van der Waals surface area contributed by atoms with Gasteiger partial charge in [-0.15, -0.1) is 0 Å². The van der Waals surface area contributed by atoms with Crippen LogP contribution in [0.1, 0.15) is 24.0 Å².